The highest BCUT2D eigenvalue weighted by Crippen LogP contribution is 2.49. The molecule has 13 heteroatoms. The summed E-state index contributed by atoms with van der Waals surface area (Å²) in [6, 6.07) is 11.6. The molecule has 0 aliphatic heterocycles. The molecule has 0 amide bonds. The number of rotatable bonds is 17. The lowest BCUT2D eigenvalue weighted by molar-refractivity contribution is 0.0322. The van der Waals surface area contributed by atoms with Gasteiger partial charge in [0, 0.05) is 12.7 Å². The van der Waals surface area contributed by atoms with E-state index >= 15 is 0 Å². The Morgan fingerprint density at radius 2 is 0.949 bits per heavy atom. The zero-order valence-corrected chi connectivity index (χ0v) is 22.8. The van der Waals surface area contributed by atoms with Gasteiger partial charge in [0.15, 0.2) is 5.78 Å². The number of hydrogen-bond donors (Lipinski definition) is 0. The average Bonchev–Trinajstić information content (AvgIpc) is 2.93. The highest BCUT2D eigenvalue weighted by atomic mass is 31.2. The molecule has 0 fully saturated rings. The van der Waals surface area contributed by atoms with E-state index in [0.29, 0.717) is 5.56 Å². The van der Waals surface area contributed by atoms with Crippen molar-refractivity contribution >= 4 is 31.5 Å². The van der Waals surface area contributed by atoms with Gasteiger partial charge in [-0.25, -0.2) is 18.9 Å². The van der Waals surface area contributed by atoms with E-state index in [9.17, 15) is 23.7 Å². The van der Waals surface area contributed by atoms with E-state index in [1.165, 1.54) is 62.6 Å². The van der Waals surface area contributed by atoms with Crippen molar-refractivity contribution < 1.29 is 56.3 Å². The Bertz CT molecular complexity index is 1140. The largest absolute Gasteiger partial charge is 0.475 e. The second kappa shape index (κ2) is 16.5. The zero-order chi connectivity index (χ0) is 28.7. The summed E-state index contributed by atoms with van der Waals surface area (Å²) in [6.45, 7) is 2.32. The third-order valence-corrected chi connectivity index (χ3v) is 6.40. The van der Waals surface area contributed by atoms with Gasteiger partial charge >= 0.3 is 25.7 Å². The molecule has 0 saturated heterocycles. The molecule has 2 aromatic rings. The van der Waals surface area contributed by atoms with Crippen LogP contribution in [-0.2, 0) is 37.1 Å². The van der Waals surface area contributed by atoms with Crippen LogP contribution < -0.4 is 0 Å². The number of Topliss-reactive ketones (excluding diaryl/α,β-unsaturated/α-hetero) is 1. The minimum atomic E-state index is -4.01. The van der Waals surface area contributed by atoms with Crippen LogP contribution in [0.1, 0.15) is 55.3 Å². The Morgan fingerprint density at radius 3 is 1.28 bits per heavy atom. The fourth-order valence-electron chi connectivity index (χ4n) is 2.89. The molecule has 0 spiro atoms. The van der Waals surface area contributed by atoms with Crippen molar-refractivity contribution in [2.24, 2.45) is 0 Å². The second-order valence-corrected chi connectivity index (χ2v) is 9.31. The van der Waals surface area contributed by atoms with Gasteiger partial charge in [0.2, 0.25) is 0 Å². The maximum atomic E-state index is 12.7. The Balaban J connectivity index is 1.73. The number of benzene rings is 2. The number of carbonyl (C=O) groups excluding carboxylic acids is 4. The lowest BCUT2D eigenvalue weighted by Crippen LogP contribution is -2.14. The van der Waals surface area contributed by atoms with E-state index in [-0.39, 0.29) is 68.7 Å². The van der Waals surface area contributed by atoms with Crippen LogP contribution >= 0.6 is 7.82 Å². The predicted molar refractivity (Wildman–Crippen MR) is 137 cm³/mol. The number of phosphoric ester groups is 1. The van der Waals surface area contributed by atoms with E-state index < -0.39 is 25.7 Å². The standard InChI is InChI=1S/C26H31O12P/c1-4-36-39(31,37-17-15-34-25(29)21-7-5-20(6-8-21)19(2)27)38-18-16-35-26(30)23-11-9-22(10-12-23)24(28)33-14-13-32-3/h5-12H,4,13-18H2,1-3H3. The van der Waals surface area contributed by atoms with Gasteiger partial charge in [0.05, 0.1) is 43.1 Å². The summed E-state index contributed by atoms with van der Waals surface area (Å²) in [5.74, 6) is -2.01. The van der Waals surface area contributed by atoms with E-state index in [0.717, 1.165) is 0 Å². The quantitative estimate of drug-likeness (QED) is 0.0899. The molecule has 0 aromatic heterocycles. The molecule has 39 heavy (non-hydrogen) atoms. The molecule has 1 unspecified atom stereocenters. The molecule has 0 aliphatic rings. The third-order valence-electron chi connectivity index (χ3n) is 4.82. The van der Waals surface area contributed by atoms with Gasteiger partial charge < -0.3 is 18.9 Å². The molecule has 0 saturated carbocycles. The topological polar surface area (TPSA) is 150 Å². The minimum Gasteiger partial charge on any atom is -0.460 e. The van der Waals surface area contributed by atoms with Crippen molar-refractivity contribution in [3.8, 4) is 0 Å². The molecule has 1 atom stereocenters. The monoisotopic (exact) mass is 566 g/mol. The van der Waals surface area contributed by atoms with Gasteiger partial charge in [0.25, 0.3) is 0 Å². The molecule has 12 nitrogen and oxygen atoms in total. The van der Waals surface area contributed by atoms with Crippen molar-refractivity contribution in [1.82, 2.24) is 0 Å². The number of esters is 3. The van der Waals surface area contributed by atoms with Gasteiger partial charge in [0.1, 0.15) is 19.8 Å². The molecule has 2 aromatic carbocycles. The molecule has 212 valence electrons. The summed E-state index contributed by atoms with van der Waals surface area (Å²) < 4.78 is 48.1. The van der Waals surface area contributed by atoms with Crippen molar-refractivity contribution in [2.45, 2.75) is 13.8 Å². The molecule has 0 radical (unpaired) electrons. The Hall–Kier alpha value is -3.41. The van der Waals surface area contributed by atoms with Crippen LogP contribution in [0.15, 0.2) is 48.5 Å². The summed E-state index contributed by atoms with van der Waals surface area (Å²) in [7, 11) is -2.52. The molecule has 0 heterocycles. The molecular weight excluding hydrogens is 535 g/mol. The van der Waals surface area contributed by atoms with Gasteiger partial charge in [-0.2, -0.15) is 0 Å². The maximum Gasteiger partial charge on any atom is 0.475 e. The number of carbonyl (C=O) groups is 4. The molecule has 2 rings (SSSR count). The smallest absolute Gasteiger partial charge is 0.460 e. The van der Waals surface area contributed by atoms with E-state index in [1.807, 2.05) is 0 Å². The molecular formula is C26H31O12P. The highest BCUT2D eigenvalue weighted by Gasteiger charge is 2.26. The van der Waals surface area contributed by atoms with Gasteiger partial charge in [-0.1, -0.05) is 12.1 Å². The first kappa shape index (κ1) is 31.8. The molecule has 0 bridgehead atoms. The number of methoxy groups -OCH3 is 1. The fraction of sp³-hybridized carbons (Fsp3) is 0.385. The van der Waals surface area contributed by atoms with Crippen molar-refractivity contribution in [2.75, 3.05) is 53.4 Å². The average molecular weight is 566 g/mol. The van der Waals surface area contributed by atoms with Crippen LogP contribution in [0.25, 0.3) is 0 Å². The summed E-state index contributed by atoms with van der Waals surface area (Å²) in [5, 5.41) is 0. The summed E-state index contributed by atoms with van der Waals surface area (Å²) >= 11 is 0. The van der Waals surface area contributed by atoms with E-state index in [4.69, 9.17) is 32.5 Å². The van der Waals surface area contributed by atoms with Gasteiger partial charge in [-0.05, 0) is 50.2 Å². The lowest BCUT2D eigenvalue weighted by atomic mass is 10.1. The first-order chi connectivity index (χ1) is 18.7. The van der Waals surface area contributed by atoms with Crippen LogP contribution in [0.4, 0.5) is 0 Å². The first-order valence-corrected chi connectivity index (χ1v) is 13.4. The zero-order valence-electron chi connectivity index (χ0n) is 21.9. The predicted octanol–water partition coefficient (Wildman–Crippen LogP) is 3.88. The minimum absolute atomic E-state index is 0.0135. The van der Waals surface area contributed by atoms with Crippen LogP contribution in [0.2, 0.25) is 0 Å². The number of hydrogen-bond acceptors (Lipinski definition) is 12. The summed E-state index contributed by atoms with van der Waals surface area (Å²) in [4.78, 5) is 47.5. The number of ketones is 1. The Morgan fingerprint density at radius 1 is 0.590 bits per heavy atom. The second-order valence-electron chi connectivity index (χ2n) is 7.64. The van der Waals surface area contributed by atoms with Crippen LogP contribution in [0.5, 0.6) is 0 Å². The summed E-state index contributed by atoms with van der Waals surface area (Å²) in [5.41, 5.74) is 1.15. The van der Waals surface area contributed by atoms with Crippen LogP contribution in [-0.4, -0.2) is 77.0 Å². The normalized spacial score (nSPS) is 12.3. The Kier molecular flexibility index (Phi) is 13.5. The maximum absolute atomic E-state index is 12.7. The lowest BCUT2D eigenvalue weighted by Gasteiger charge is -2.17. The van der Waals surface area contributed by atoms with Crippen LogP contribution in [0, 0.1) is 0 Å². The van der Waals surface area contributed by atoms with Crippen molar-refractivity contribution in [3.05, 3.63) is 70.8 Å². The van der Waals surface area contributed by atoms with E-state index in [2.05, 4.69) is 0 Å². The Labute approximate surface area is 226 Å². The van der Waals surface area contributed by atoms with Gasteiger partial charge in [-0.3, -0.25) is 18.4 Å². The van der Waals surface area contributed by atoms with E-state index in [1.54, 1.807) is 6.92 Å². The SMILES string of the molecule is CCOP(=O)(OCCOC(=O)c1ccc(C(C)=O)cc1)OCCOC(=O)c1ccc(C(=O)OCCOC)cc1. The van der Waals surface area contributed by atoms with Crippen molar-refractivity contribution in [1.29, 1.82) is 0 Å². The number of phosphoric acid groups is 1. The van der Waals surface area contributed by atoms with Crippen molar-refractivity contribution in [3.63, 3.8) is 0 Å². The highest BCUT2D eigenvalue weighted by molar-refractivity contribution is 7.48. The fourth-order valence-corrected chi connectivity index (χ4v) is 4.02. The first-order valence-electron chi connectivity index (χ1n) is 11.9. The number of ether oxygens (including phenoxy) is 4. The third kappa shape index (κ3) is 11.1. The summed E-state index contributed by atoms with van der Waals surface area (Å²) in [6.07, 6.45) is 0. The van der Waals surface area contributed by atoms with Gasteiger partial charge in [-0.15, -0.1) is 0 Å². The molecule has 0 N–H and O–H groups in total. The van der Waals surface area contributed by atoms with Crippen LogP contribution in [0.3, 0.4) is 0 Å². The molecule has 0 aliphatic carbocycles.